The van der Waals surface area contributed by atoms with Crippen molar-refractivity contribution in [3.05, 3.63) is 36.2 Å². The fourth-order valence-electron chi connectivity index (χ4n) is 2.11. The van der Waals surface area contributed by atoms with E-state index in [1.807, 2.05) is 35.6 Å². The van der Waals surface area contributed by atoms with Crippen LogP contribution in [-0.2, 0) is 4.79 Å². The third kappa shape index (κ3) is 4.50. The number of nitrogens with one attached hydrogen (secondary N) is 1. The van der Waals surface area contributed by atoms with Crippen LogP contribution in [0.25, 0.3) is 5.69 Å². The first-order valence-corrected chi connectivity index (χ1v) is 8.39. The third-order valence-electron chi connectivity index (χ3n) is 3.37. The Balaban J connectivity index is 1.66. The van der Waals surface area contributed by atoms with Gasteiger partial charge in [0, 0.05) is 5.92 Å². The molecule has 1 aromatic heterocycles. The topological polar surface area (TPSA) is 59.8 Å². The lowest BCUT2D eigenvalue weighted by molar-refractivity contribution is -0.136. The number of rotatable bonds is 6. The molecular weight excluding hydrogens is 341 g/mol. The first-order chi connectivity index (χ1) is 11.4. The van der Waals surface area contributed by atoms with Crippen LogP contribution < -0.4 is 5.32 Å². The van der Waals surface area contributed by atoms with E-state index in [0.29, 0.717) is 11.1 Å². The van der Waals surface area contributed by atoms with Crippen molar-refractivity contribution in [1.29, 1.82) is 0 Å². The minimum Gasteiger partial charge on any atom is -0.346 e. The monoisotopic (exact) mass is 356 g/mol. The molecule has 0 atom stereocenters. The zero-order chi connectivity index (χ0) is 17.2. The Kier molecular flexibility index (Phi) is 4.79. The number of hydrogen-bond acceptors (Lipinski definition) is 4. The zero-order valence-corrected chi connectivity index (χ0v) is 13.4. The predicted octanol–water partition coefficient (Wildman–Crippen LogP) is 2.92. The first kappa shape index (κ1) is 16.8. The fourth-order valence-corrected chi connectivity index (χ4v) is 2.77. The Morgan fingerprint density at radius 3 is 2.62 bits per heavy atom. The van der Waals surface area contributed by atoms with Crippen LogP contribution in [0.3, 0.4) is 0 Å². The minimum absolute atomic E-state index is 0.154. The molecule has 0 saturated heterocycles. The molecule has 0 spiro atoms. The van der Waals surface area contributed by atoms with Gasteiger partial charge in [-0.1, -0.05) is 30.0 Å². The highest BCUT2D eigenvalue weighted by molar-refractivity contribution is 7.99. The molecule has 0 bridgehead atoms. The van der Waals surface area contributed by atoms with Crippen molar-refractivity contribution in [1.82, 2.24) is 20.1 Å². The number of halogens is 3. The fraction of sp³-hybridized carbons (Fsp3) is 0.400. The Morgan fingerprint density at radius 1 is 1.29 bits per heavy atom. The van der Waals surface area contributed by atoms with Gasteiger partial charge in [-0.15, -0.1) is 5.10 Å². The van der Waals surface area contributed by atoms with E-state index >= 15 is 0 Å². The molecule has 0 radical (unpaired) electrons. The van der Waals surface area contributed by atoms with Crippen molar-refractivity contribution in [3.63, 3.8) is 0 Å². The molecule has 1 N–H and O–H groups in total. The van der Waals surface area contributed by atoms with Gasteiger partial charge in [-0.3, -0.25) is 4.79 Å². The second kappa shape index (κ2) is 6.84. The molecule has 1 heterocycles. The van der Waals surface area contributed by atoms with Crippen LogP contribution >= 0.6 is 11.8 Å². The standard InChI is InChI=1S/C15H15F3N4OS/c16-15(17,18)9-19-12(23)8-24-14-20-13(10-6-7-10)22(21-14)11-4-2-1-3-5-11/h1-5,10H,6-9H2,(H,19,23). The molecule has 9 heteroatoms. The normalized spacial score (nSPS) is 14.6. The van der Waals surface area contributed by atoms with Crippen molar-refractivity contribution in [2.24, 2.45) is 0 Å². The summed E-state index contributed by atoms with van der Waals surface area (Å²) in [7, 11) is 0. The van der Waals surface area contributed by atoms with Crippen LogP contribution in [0.1, 0.15) is 24.6 Å². The van der Waals surface area contributed by atoms with Crippen molar-refractivity contribution >= 4 is 17.7 Å². The molecule has 0 unspecified atom stereocenters. The SMILES string of the molecule is O=C(CSc1nc(C2CC2)n(-c2ccccc2)n1)NCC(F)(F)F. The summed E-state index contributed by atoms with van der Waals surface area (Å²) in [5.74, 6) is 0.339. The van der Waals surface area contributed by atoms with Gasteiger partial charge in [0.2, 0.25) is 11.1 Å². The number of amides is 1. The summed E-state index contributed by atoms with van der Waals surface area (Å²) in [5.41, 5.74) is 0.875. The lowest BCUT2D eigenvalue weighted by atomic mass is 10.3. The number of carbonyl (C=O) groups excluding carboxylic acids is 1. The summed E-state index contributed by atoms with van der Waals surface area (Å²) in [4.78, 5) is 15.9. The van der Waals surface area contributed by atoms with Crippen LogP contribution in [0.2, 0.25) is 0 Å². The van der Waals surface area contributed by atoms with Gasteiger partial charge in [0.25, 0.3) is 0 Å². The average Bonchev–Trinajstić information content (AvgIpc) is 3.31. The second-order valence-electron chi connectivity index (χ2n) is 5.45. The van der Waals surface area contributed by atoms with E-state index < -0.39 is 18.6 Å². The molecule has 2 aromatic rings. The van der Waals surface area contributed by atoms with Gasteiger partial charge in [-0.2, -0.15) is 13.2 Å². The average molecular weight is 356 g/mol. The van der Waals surface area contributed by atoms with Gasteiger partial charge in [0.15, 0.2) is 0 Å². The van der Waals surface area contributed by atoms with E-state index in [1.165, 1.54) is 0 Å². The maximum absolute atomic E-state index is 12.1. The largest absolute Gasteiger partial charge is 0.405 e. The lowest BCUT2D eigenvalue weighted by Crippen LogP contribution is -2.34. The number of benzene rings is 1. The van der Waals surface area contributed by atoms with Gasteiger partial charge >= 0.3 is 6.18 Å². The molecule has 1 aliphatic rings. The molecule has 5 nitrogen and oxygen atoms in total. The van der Waals surface area contributed by atoms with Crippen LogP contribution in [0.15, 0.2) is 35.5 Å². The van der Waals surface area contributed by atoms with E-state index in [9.17, 15) is 18.0 Å². The Hall–Kier alpha value is -2.03. The molecule has 1 aromatic carbocycles. The number of nitrogens with zero attached hydrogens (tertiary/aromatic N) is 3. The summed E-state index contributed by atoms with van der Waals surface area (Å²) < 4.78 is 38.0. The van der Waals surface area contributed by atoms with Crippen LogP contribution in [0, 0.1) is 0 Å². The number of aromatic nitrogens is 3. The summed E-state index contributed by atoms with van der Waals surface area (Å²) in [6.45, 7) is -1.33. The number of para-hydroxylation sites is 1. The lowest BCUT2D eigenvalue weighted by Gasteiger charge is -2.07. The Morgan fingerprint density at radius 2 is 2.00 bits per heavy atom. The van der Waals surface area contributed by atoms with Gasteiger partial charge in [-0.25, -0.2) is 9.67 Å². The minimum atomic E-state index is -4.41. The second-order valence-corrected chi connectivity index (χ2v) is 6.40. The van der Waals surface area contributed by atoms with Gasteiger partial charge in [0.05, 0.1) is 11.4 Å². The van der Waals surface area contributed by atoms with Crippen molar-refractivity contribution in [2.75, 3.05) is 12.3 Å². The van der Waals surface area contributed by atoms with E-state index in [1.54, 1.807) is 4.68 Å². The van der Waals surface area contributed by atoms with E-state index in [0.717, 1.165) is 36.1 Å². The van der Waals surface area contributed by atoms with Gasteiger partial charge < -0.3 is 5.32 Å². The zero-order valence-electron chi connectivity index (χ0n) is 12.6. The highest BCUT2D eigenvalue weighted by atomic mass is 32.2. The highest BCUT2D eigenvalue weighted by Crippen LogP contribution is 2.40. The first-order valence-electron chi connectivity index (χ1n) is 7.41. The molecule has 1 amide bonds. The molecule has 1 saturated carbocycles. The summed E-state index contributed by atoms with van der Waals surface area (Å²) in [5, 5.41) is 6.61. The molecule has 1 aliphatic carbocycles. The number of hydrogen-bond donors (Lipinski definition) is 1. The van der Waals surface area contributed by atoms with Crippen molar-refractivity contribution in [2.45, 2.75) is 30.1 Å². The van der Waals surface area contributed by atoms with Crippen LogP contribution in [-0.4, -0.2) is 39.1 Å². The predicted molar refractivity (Wildman–Crippen MR) is 83.1 cm³/mol. The van der Waals surface area contributed by atoms with E-state index in [-0.39, 0.29) is 5.75 Å². The molecule has 0 aliphatic heterocycles. The van der Waals surface area contributed by atoms with Gasteiger partial charge in [0.1, 0.15) is 12.4 Å². The van der Waals surface area contributed by atoms with E-state index in [2.05, 4.69) is 10.1 Å². The molecule has 3 rings (SSSR count). The number of thioether (sulfide) groups is 1. The third-order valence-corrected chi connectivity index (χ3v) is 4.21. The quantitative estimate of drug-likeness (QED) is 0.809. The number of carbonyl (C=O) groups is 1. The molecular formula is C15H15F3N4OS. The van der Waals surface area contributed by atoms with Crippen LogP contribution in [0.4, 0.5) is 13.2 Å². The summed E-state index contributed by atoms with van der Waals surface area (Å²) in [6.07, 6.45) is -2.32. The van der Waals surface area contributed by atoms with E-state index in [4.69, 9.17) is 0 Å². The maximum atomic E-state index is 12.1. The smallest absolute Gasteiger partial charge is 0.346 e. The Bertz CT molecular complexity index is 713. The summed E-state index contributed by atoms with van der Waals surface area (Å²) in [6, 6.07) is 9.50. The van der Waals surface area contributed by atoms with Gasteiger partial charge in [-0.05, 0) is 25.0 Å². The highest BCUT2D eigenvalue weighted by Gasteiger charge is 2.31. The summed E-state index contributed by atoms with van der Waals surface area (Å²) >= 11 is 1.03. The molecule has 1 fully saturated rings. The van der Waals surface area contributed by atoms with Crippen LogP contribution in [0.5, 0.6) is 0 Å². The van der Waals surface area contributed by atoms with Crippen molar-refractivity contribution in [3.8, 4) is 5.69 Å². The molecule has 24 heavy (non-hydrogen) atoms. The Labute approximate surface area is 140 Å². The van der Waals surface area contributed by atoms with Crippen molar-refractivity contribution < 1.29 is 18.0 Å². The number of alkyl halides is 3. The molecule has 128 valence electrons. The maximum Gasteiger partial charge on any atom is 0.405 e.